The second-order valence-electron chi connectivity index (χ2n) is 17.6. The molecule has 356 valence electrons. The molecule has 2 N–H and O–H groups in total. The Morgan fingerprint density at radius 1 is 0.694 bits per heavy atom. The number of quaternary nitrogens is 1. The van der Waals surface area contributed by atoms with E-state index in [1.54, 1.807) is 12.2 Å². The van der Waals surface area contributed by atoms with Gasteiger partial charge in [-0.1, -0.05) is 127 Å². The monoisotopic (exact) mass is 893 g/mol. The summed E-state index contributed by atoms with van der Waals surface area (Å²) in [7, 11) is 1.35. The number of rotatable bonds is 39. The number of unbranched alkanes of at least 4 members (excludes halogenated alkanes) is 12. The van der Waals surface area contributed by atoms with Crippen molar-refractivity contribution in [2.45, 2.75) is 188 Å². The molecule has 12 heteroatoms. The van der Waals surface area contributed by atoms with E-state index in [-0.39, 0.29) is 26.1 Å². The van der Waals surface area contributed by atoms with E-state index in [4.69, 9.17) is 22.9 Å². The maximum absolute atomic E-state index is 12.8. The molecule has 0 spiro atoms. The van der Waals surface area contributed by atoms with Gasteiger partial charge in [0, 0.05) is 25.7 Å². The zero-order valence-electron chi connectivity index (χ0n) is 39.9. The number of hydrogen-bond donors (Lipinski definition) is 2. The Morgan fingerprint density at radius 2 is 1.26 bits per heavy atom. The number of likely N-dealkylation sites (N-methyl/N-ethyl adjacent to an activating group) is 1. The zero-order valence-corrected chi connectivity index (χ0v) is 40.8. The van der Waals surface area contributed by atoms with Crippen molar-refractivity contribution >= 4 is 19.8 Å². The molecule has 0 aliphatic rings. The number of aliphatic hydroxyl groups is 1. The van der Waals surface area contributed by atoms with E-state index >= 15 is 0 Å². The van der Waals surface area contributed by atoms with Gasteiger partial charge in [0.25, 0.3) is 0 Å². The van der Waals surface area contributed by atoms with Crippen molar-refractivity contribution in [2.24, 2.45) is 0 Å². The fraction of sp³-hybridized carbons (Fsp3) is 0.720. The van der Waals surface area contributed by atoms with Crippen molar-refractivity contribution in [1.82, 2.24) is 0 Å². The first-order valence-electron chi connectivity index (χ1n) is 23.8. The van der Waals surface area contributed by atoms with Crippen molar-refractivity contribution in [3.05, 3.63) is 71.3 Å². The minimum atomic E-state index is -4.44. The van der Waals surface area contributed by atoms with Crippen molar-refractivity contribution in [2.75, 3.05) is 47.5 Å². The number of allylic oxidation sites excluding steroid dienone is 7. The van der Waals surface area contributed by atoms with Crippen LogP contribution in [0.15, 0.2) is 53.0 Å². The maximum atomic E-state index is 12.8. The number of aryl methyl sites for hydroxylation is 2. The molecule has 0 amide bonds. The van der Waals surface area contributed by atoms with Crippen LogP contribution in [0.4, 0.5) is 0 Å². The van der Waals surface area contributed by atoms with Crippen LogP contribution in [0.2, 0.25) is 0 Å². The predicted molar refractivity (Wildman–Crippen MR) is 252 cm³/mol. The highest BCUT2D eigenvalue weighted by Crippen LogP contribution is 2.43. The lowest BCUT2D eigenvalue weighted by Gasteiger charge is -2.24. The van der Waals surface area contributed by atoms with Crippen LogP contribution in [0.5, 0.6) is 0 Å². The molecule has 0 aromatic carbocycles. The molecule has 1 rings (SSSR count). The lowest BCUT2D eigenvalue weighted by Crippen LogP contribution is -2.37. The number of phosphoric acid groups is 1. The third-order valence-electron chi connectivity index (χ3n) is 10.7. The van der Waals surface area contributed by atoms with Gasteiger partial charge in [-0.25, -0.2) is 4.57 Å². The van der Waals surface area contributed by atoms with Gasteiger partial charge in [0.1, 0.15) is 31.3 Å². The first-order chi connectivity index (χ1) is 29.7. The molecule has 1 aromatic heterocycles. The summed E-state index contributed by atoms with van der Waals surface area (Å²) in [6.45, 7) is 8.46. The van der Waals surface area contributed by atoms with E-state index in [0.717, 1.165) is 75.7 Å². The molecule has 1 heterocycles. The molecule has 0 fully saturated rings. The number of nitrogens with zero attached hydrogens (tertiary/aromatic N) is 1. The van der Waals surface area contributed by atoms with Crippen LogP contribution < -0.4 is 0 Å². The summed E-state index contributed by atoms with van der Waals surface area (Å²) in [5.74, 6) is 1.29. The van der Waals surface area contributed by atoms with E-state index < -0.39 is 38.6 Å². The molecule has 62 heavy (non-hydrogen) atoms. The highest BCUT2D eigenvalue weighted by atomic mass is 31.2. The van der Waals surface area contributed by atoms with E-state index in [2.05, 4.69) is 52.0 Å². The molecule has 0 saturated carbocycles. The van der Waals surface area contributed by atoms with Crippen LogP contribution in [0.3, 0.4) is 0 Å². The summed E-state index contributed by atoms with van der Waals surface area (Å²) in [4.78, 5) is 35.6. The molecule has 0 saturated heterocycles. The number of aliphatic hydroxyl groups excluding tert-OH is 1. The van der Waals surface area contributed by atoms with Gasteiger partial charge in [0.05, 0.1) is 33.9 Å². The lowest BCUT2D eigenvalue weighted by atomic mass is 10.0. The topological polar surface area (TPSA) is 142 Å². The fourth-order valence-corrected chi connectivity index (χ4v) is 7.33. The lowest BCUT2D eigenvalue weighted by molar-refractivity contribution is -0.870. The SMILES string of the molecule is CCCCC/C=C\C/C=C\C/C=C\C=C\[C@@H](O)CCCC(=O)OC[C@H](COP(=O)(O)OCC[N+](C)(C)C)OC(=O)CCCCCCCCCCc1oc(CCCCC)c(C)c1C. The van der Waals surface area contributed by atoms with Crippen LogP contribution in [-0.4, -0.2) is 86.1 Å². The van der Waals surface area contributed by atoms with Gasteiger partial charge in [-0.3, -0.25) is 18.6 Å². The molecular formula is C50H87NO10P+. The van der Waals surface area contributed by atoms with Crippen LogP contribution in [0, 0.1) is 13.8 Å². The molecular weight excluding hydrogens is 806 g/mol. The number of carbonyl (C=O) groups excluding carboxylic acids is 2. The third-order valence-corrected chi connectivity index (χ3v) is 11.7. The number of carbonyl (C=O) groups is 2. The van der Waals surface area contributed by atoms with Crippen molar-refractivity contribution in [1.29, 1.82) is 0 Å². The minimum absolute atomic E-state index is 0.00681. The van der Waals surface area contributed by atoms with Gasteiger partial charge >= 0.3 is 19.8 Å². The van der Waals surface area contributed by atoms with Crippen molar-refractivity contribution < 1.29 is 51.6 Å². The second-order valence-corrected chi connectivity index (χ2v) is 19.0. The van der Waals surface area contributed by atoms with Gasteiger partial charge in [0.15, 0.2) is 6.10 Å². The van der Waals surface area contributed by atoms with Crippen molar-refractivity contribution in [3.8, 4) is 0 Å². The number of phosphoric ester groups is 1. The summed E-state index contributed by atoms with van der Waals surface area (Å²) >= 11 is 0. The number of ether oxygens (including phenoxy) is 2. The first-order valence-corrected chi connectivity index (χ1v) is 25.3. The highest BCUT2D eigenvalue weighted by Gasteiger charge is 2.27. The van der Waals surface area contributed by atoms with Gasteiger partial charge in [0.2, 0.25) is 0 Å². The van der Waals surface area contributed by atoms with Gasteiger partial charge in [-0.05, 0) is 82.8 Å². The van der Waals surface area contributed by atoms with Gasteiger partial charge in [-0.2, -0.15) is 0 Å². The van der Waals surface area contributed by atoms with Crippen LogP contribution in [0.1, 0.15) is 171 Å². The molecule has 0 bridgehead atoms. The van der Waals surface area contributed by atoms with E-state index in [1.807, 2.05) is 33.3 Å². The summed E-state index contributed by atoms with van der Waals surface area (Å²) in [5.41, 5.74) is 2.64. The number of esters is 2. The third kappa shape index (κ3) is 32.0. The minimum Gasteiger partial charge on any atom is -0.466 e. The van der Waals surface area contributed by atoms with E-state index in [9.17, 15) is 24.2 Å². The predicted octanol–water partition coefficient (Wildman–Crippen LogP) is 12.1. The molecule has 0 radical (unpaired) electrons. The Balaban J connectivity index is 2.42. The molecule has 1 aromatic rings. The van der Waals surface area contributed by atoms with Gasteiger partial charge < -0.3 is 28.4 Å². The fourth-order valence-electron chi connectivity index (χ4n) is 6.59. The molecule has 1 unspecified atom stereocenters. The Hall–Kier alpha value is -2.79. The Kier molecular flexibility index (Phi) is 32.8. The number of hydrogen-bond acceptors (Lipinski definition) is 9. The summed E-state index contributed by atoms with van der Waals surface area (Å²) < 4.78 is 40.5. The Labute approximate surface area is 376 Å². The normalized spacial score (nSPS) is 14.4. The molecule has 3 atom stereocenters. The highest BCUT2D eigenvalue weighted by molar-refractivity contribution is 7.47. The standard InChI is InChI=1S/C50H86NO10P/c1-8-10-12-13-14-15-16-17-18-19-22-25-29-33-45(52)34-32-38-49(53)57-41-46(42-59-62(55,56)58-40-39-51(5,6)7)60-50(54)37-31-27-24-21-20-23-26-30-36-48-44(4)43(3)47(61-48)35-28-11-9-2/h14-15,17-18,22,25,29,33,45-46,52H,8-13,16,19-21,23-24,26-28,30-32,34-42H2,1-7H3/p+1/b15-14-,18-17-,25-22-,33-29+/t45-,46-/m1/s1. The van der Waals surface area contributed by atoms with Crippen LogP contribution in [-0.2, 0) is 45.5 Å². The summed E-state index contributed by atoms with van der Waals surface area (Å²) in [5, 5.41) is 10.3. The van der Waals surface area contributed by atoms with Gasteiger partial charge in [-0.15, -0.1) is 0 Å². The summed E-state index contributed by atoms with van der Waals surface area (Å²) in [6, 6.07) is 0. The van der Waals surface area contributed by atoms with E-state index in [0.29, 0.717) is 30.3 Å². The van der Waals surface area contributed by atoms with Crippen molar-refractivity contribution in [3.63, 3.8) is 0 Å². The van der Waals surface area contributed by atoms with Crippen LogP contribution >= 0.6 is 7.82 Å². The number of furan rings is 1. The summed E-state index contributed by atoms with van der Waals surface area (Å²) in [6.07, 6.45) is 35.9. The quantitative estimate of drug-likeness (QED) is 0.0164. The molecule has 0 aliphatic carbocycles. The first kappa shape index (κ1) is 57.2. The Bertz CT molecular complexity index is 1490. The molecule has 0 aliphatic heterocycles. The van der Waals surface area contributed by atoms with E-state index in [1.165, 1.54) is 62.5 Å². The largest absolute Gasteiger partial charge is 0.472 e. The average Bonchev–Trinajstić information content (AvgIpc) is 3.48. The average molecular weight is 893 g/mol. The smallest absolute Gasteiger partial charge is 0.466 e. The second kappa shape index (κ2) is 35.5. The molecule has 11 nitrogen and oxygen atoms in total. The van der Waals surface area contributed by atoms with Crippen LogP contribution in [0.25, 0.3) is 0 Å². The Morgan fingerprint density at radius 3 is 1.90 bits per heavy atom. The maximum Gasteiger partial charge on any atom is 0.472 e. The zero-order chi connectivity index (χ0) is 45.9.